The highest BCUT2D eigenvalue weighted by atomic mass is 127. The van der Waals surface area contributed by atoms with Crippen molar-refractivity contribution in [3.05, 3.63) is 48.3 Å². The maximum absolute atomic E-state index is 5.43. The molecule has 0 aliphatic carbocycles. The standard InChI is InChI=1S/C21H32N6O.HI/c1-3-22-21(23-11-15-27-14-7-10-25-27)24-17-20(26-12-4-5-13-26)18-8-6-9-19(16-18)28-2;/h6-10,14,16,20H,3-5,11-13,15,17H2,1-2H3,(H2,22,23,24);1H. The molecule has 1 aliphatic rings. The Morgan fingerprint density at radius 2 is 2.07 bits per heavy atom. The summed E-state index contributed by atoms with van der Waals surface area (Å²) in [4.78, 5) is 7.42. The first-order valence-electron chi connectivity index (χ1n) is 10.2. The van der Waals surface area contributed by atoms with E-state index in [0.717, 1.165) is 44.4 Å². The van der Waals surface area contributed by atoms with Gasteiger partial charge >= 0.3 is 0 Å². The fraction of sp³-hybridized carbons (Fsp3) is 0.524. The molecular formula is C21H33IN6O. The molecule has 0 saturated carbocycles. The zero-order valence-electron chi connectivity index (χ0n) is 17.4. The molecule has 1 atom stereocenters. The Bertz CT molecular complexity index is 731. The maximum Gasteiger partial charge on any atom is 0.191 e. The van der Waals surface area contributed by atoms with Gasteiger partial charge < -0.3 is 15.4 Å². The average Bonchev–Trinajstić information content (AvgIpc) is 3.43. The van der Waals surface area contributed by atoms with Crippen LogP contribution < -0.4 is 15.4 Å². The van der Waals surface area contributed by atoms with Crippen molar-refractivity contribution in [1.82, 2.24) is 25.3 Å². The van der Waals surface area contributed by atoms with Crippen LogP contribution in [0, 0.1) is 0 Å². The van der Waals surface area contributed by atoms with Crippen LogP contribution in [0.25, 0.3) is 0 Å². The van der Waals surface area contributed by atoms with Gasteiger partial charge in [-0.15, -0.1) is 24.0 Å². The number of hydrogen-bond donors (Lipinski definition) is 2. The van der Waals surface area contributed by atoms with E-state index in [4.69, 9.17) is 9.73 Å². The van der Waals surface area contributed by atoms with Crippen LogP contribution >= 0.6 is 24.0 Å². The number of ether oxygens (including phenoxy) is 1. The number of nitrogens with zero attached hydrogens (tertiary/aromatic N) is 4. The summed E-state index contributed by atoms with van der Waals surface area (Å²) in [6.07, 6.45) is 6.28. The Morgan fingerprint density at radius 1 is 1.24 bits per heavy atom. The first kappa shape index (κ1) is 23.5. The van der Waals surface area contributed by atoms with Gasteiger partial charge in [-0.1, -0.05) is 12.1 Å². The molecule has 1 saturated heterocycles. The van der Waals surface area contributed by atoms with E-state index in [1.54, 1.807) is 13.3 Å². The molecule has 2 N–H and O–H groups in total. The number of likely N-dealkylation sites (tertiary alicyclic amines) is 1. The topological polar surface area (TPSA) is 66.7 Å². The van der Waals surface area contributed by atoms with Gasteiger partial charge in [0.05, 0.1) is 26.2 Å². The lowest BCUT2D eigenvalue weighted by Crippen LogP contribution is -2.39. The minimum Gasteiger partial charge on any atom is -0.497 e. The van der Waals surface area contributed by atoms with E-state index in [0.29, 0.717) is 6.54 Å². The molecule has 2 aromatic rings. The molecule has 0 bridgehead atoms. The van der Waals surface area contributed by atoms with Crippen molar-refractivity contribution in [1.29, 1.82) is 0 Å². The van der Waals surface area contributed by atoms with Crippen LogP contribution in [0.5, 0.6) is 5.75 Å². The van der Waals surface area contributed by atoms with Crippen LogP contribution in [0.4, 0.5) is 0 Å². The number of rotatable bonds is 9. The largest absolute Gasteiger partial charge is 0.497 e. The molecule has 0 radical (unpaired) electrons. The lowest BCUT2D eigenvalue weighted by Gasteiger charge is -2.27. The van der Waals surface area contributed by atoms with Crippen molar-refractivity contribution >= 4 is 29.9 Å². The van der Waals surface area contributed by atoms with Crippen molar-refractivity contribution in [3.63, 3.8) is 0 Å². The number of nitrogens with one attached hydrogen (secondary N) is 2. The monoisotopic (exact) mass is 512 g/mol. The highest BCUT2D eigenvalue weighted by Crippen LogP contribution is 2.27. The maximum atomic E-state index is 5.43. The zero-order valence-corrected chi connectivity index (χ0v) is 19.7. The first-order valence-corrected chi connectivity index (χ1v) is 10.2. The first-order chi connectivity index (χ1) is 13.8. The Hall–Kier alpha value is -1.81. The summed E-state index contributed by atoms with van der Waals surface area (Å²) >= 11 is 0. The number of benzene rings is 1. The van der Waals surface area contributed by atoms with Crippen molar-refractivity contribution in [3.8, 4) is 5.75 Å². The molecule has 1 aliphatic heterocycles. The number of hydrogen-bond acceptors (Lipinski definition) is 4. The summed E-state index contributed by atoms with van der Waals surface area (Å²) in [5, 5.41) is 11.0. The van der Waals surface area contributed by atoms with Gasteiger partial charge in [-0.05, 0) is 56.6 Å². The quantitative estimate of drug-likeness (QED) is 0.308. The second-order valence-corrected chi connectivity index (χ2v) is 6.95. The van der Waals surface area contributed by atoms with Crippen LogP contribution in [-0.2, 0) is 6.54 Å². The third kappa shape index (κ3) is 7.18. The molecule has 7 nitrogen and oxygen atoms in total. The second-order valence-electron chi connectivity index (χ2n) is 6.95. The van der Waals surface area contributed by atoms with E-state index in [2.05, 4.69) is 45.8 Å². The predicted octanol–water partition coefficient (Wildman–Crippen LogP) is 2.90. The van der Waals surface area contributed by atoms with Gasteiger partial charge in [-0.2, -0.15) is 5.10 Å². The Morgan fingerprint density at radius 3 is 2.76 bits per heavy atom. The summed E-state index contributed by atoms with van der Waals surface area (Å²) in [5.74, 6) is 1.75. The van der Waals surface area contributed by atoms with Crippen LogP contribution in [0.2, 0.25) is 0 Å². The lowest BCUT2D eigenvalue weighted by molar-refractivity contribution is 0.251. The smallest absolute Gasteiger partial charge is 0.191 e. The van der Waals surface area contributed by atoms with E-state index in [1.165, 1.54) is 18.4 Å². The van der Waals surface area contributed by atoms with Gasteiger partial charge in [0.25, 0.3) is 0 Å². The van der Waals surface area contributed by atoms with Gasteiger partial charge in [0, 0.05) is 25.5 Å². The molecule has 1 unspecified atom stereocenters. The van der Waals surface area contributed by atoms with Crippen molar-refractivity contribution in [2.75, 3.05) is 39.8 Å². The van der Waals surface area contributed by atoms with Crippen LogP contribution in [0.3, 0.4) is 0 Å². The molecule has 1 aromatic carbocycles. The van der Waals surface area contributed by atoms with Gasteiger partial charge in [-0.25, -0.2) is 0 Å². The van der Waals surface area contributed by atoms with Gasteiger partial charge in [0.1, 0.15) is 5.75 Å². The summed E-state index contributed by atoms with van der Waals surface area (Å²) in [6.45, 7) is 7.47. The van der Waals surface area contributed by atoms with Crippen molar-refractivity contribution in [2.45, 2.75) is 32.4 Å². The average molecular weight is 512 g/mol. The Labute approximate surface area is 190 Å². The number of aromatic nitrogens is 2. The molecule has 1 fully saturated rings. The molecule has 8 heteroatoms. The lowest BCUT2D eigenvalue weighted by atomic mass is 10.1. The van der Waals surface area contributed by atoms with E-state index in [-0.39, 0.29) is 30.0 Å². The molecule has 3 rings (SSSR count). The zero-order chi connectivity index (χ0) is 19.6. The molecule has 0 amide bonds. The van der Waals surface area contributed by atoms with Crippen LogP contribution in [-0.4, -0.2) is 60.5 Å². The van der Waals surface area contributed by atoms with Crippen molar-refractivity contribution in [2.24, 2.45) is 4.99 Å². The predicted molar refractivity (Wildman–Crippen MR) is 128 cm³/mol. The molecule has 0 spiro atoms. The van der Waals surface area contributed by atoms with Gasteiger partial charge in [0.2, 0.25) is 0 Å². The van der Waals surface area contributed by atoms with Gasteiger partial charge in [-0.3, -0.25) is 14.6 Å². The summed E-state index contributed by atoms with van der Waals surface area (Å²) in [5.41, 5.74) is 1.26. The minimum absolute atomic E-state index is 0. The van der Waals surface area contributed by atoms with Gasteiger partial charge in [0.15, 0.2) is 5.96 Å². The SMILES string of the molecule is CCNC(=NCC(c1cccc(OC)c1)N1CCCC1)NCCn1cccn1.I. The highest BCUT2D eigenvalue weighted by molar-refractivity contribution is 14.0. The third-order valence-electron chi connectivity index (χ3n) is 5.02. The third-order valence-corrected chi connectivity index (χ3v) is 5.02. The molecular weight excluding hydrogens is 479 g/mol. The Kier molecular flexibility index (Phi) is 10.3. The van der Waals surface area contributed by atoms with Crippen molar-refractivity contribution < 1.29 is 4.74 Å². The second kappa shape index (κ2) is 12.7. The summed E-state index contributed by atoms with van der Waals surface area (Å²) in [7, 11) is 1.72. The molecule has 160 valence electrons. The number of halogens is 1. The van der Waals surface area contributed by atoms with Crippen LogP contribution in [0.15, 0.2) is 47.7 Å². The fourth-order valence-corrected chi connectivity index (χ4v) is 3.57. The molecule has 29 heavy (non-hydrogen) atoms. The van der Waals surface area contributed by atoms with E-state index < -0.39 is 0 Å². The molecule has 2 heterocycles. The number of methoxy groups -OCH3 is 1. The summed E-state index contributed by atoms with van der Waals surface area (Å²) < 4.78 is 7.35. The minimum atomic E-state index is 0. The number of aliphatic imine (C=N–C) groups is 1. The fourth-order valence-electron chi connectivity index (χ4n) is 3.57. The normalized spacial score (nSPS) is 15.6. The number of guanidine groups is 1. The summed E-state index contributed by atoms with van der Waals surface area (Å²) in [6, 6.07) is 10.6. The molecule has 1 aromatic heterocycles. The van der Waals surface area contributed by atoms with E-state index in [9.17, 15) is 0 Å². The Balaban J connectivity index is 0.00000300. The van der Waals surface area contributed by atoms with E-state index in [1.807, 2.05) is 23.0 Å². The highest BCUT2D eigenvalue weighted by Gasteiger charge is 2.23. The van der Waals surface area contributed by atoms with E-state index >= 15 is 0 Å². The van der Waals surface area contributed by atoms with Crippen LogP contribution in [0.1, 0.15) is 31.4 Å².